The molecule has 4 unspecified atom stereocenters. The summed E-state index contributed by atoms with van der Waals surface area (Å²) in [6, 6.07) is 0.150. The van der Waals surface area contributed by atoms with Gasteiger partial charge in [-0.15, -0.1) is 0 Å². The van der Waals surface area contributed by atoms with E-state index in [4.69, 9.17) is 17.4 Å². The second-order valence-corrected chi connectivity index (χ2v) is 6.49. The number of aryl methyl sites for hydroxylation is 1. The van der Waals surface area contributed by atoms with Gasteiger partial charge in [-0.3, -0.25) is 16.0 Å². The van der Waals surface area contributed by atoms with E-state index >= 15 is 0 Å². The van der Waals surface area contributed by atoms with E-state index in [2.05, 4.69) is 17.4 Å². The summed E-state index contributed by atoms with van der Waals surface area (Å²) >= 11 is 6.36. The van der Waals surface area contributed by atoms with Gasteiger partial charge < -0.3 is 0 Å². The molecule has 5 heteroatoms. The molecule has 0 aliphatic heterocycles. The summed E-state index contributed by atoms with van der Waals surface area (Å²) in [5, 5.41) is 5.15. The molecule has 0 saturated heterocycles. The van der Waals surface area contributed by atoms with Gasteiger partial charge in [0.15, 0.2) is 0 Å². The highest BCUT2D eigenvalue weighted by Crippen LogP contribution is 2.52. The Hall–Kier alpha value is -0.580. The molecule has 0 spiro atoms. The van der Waals surface area contributed by atoms with Crippen LogP contribution in [0.3, 0.4) is 0 Å². The van der Waals surface area contributed by atoms with Gasteiger partial charge in [0.2, 0.25) is 0 Å². The van der Waals surface area contributed by atoms with Gasteiger partial charge in [-0.25, -0.2) is 0 Å². The fraction of sp³-hybridized carbons (Fsp3) is 0.786. The summed E-state index contributed by atoms with van der Waals surface area (Å²) in [5.74, 6) is 8.20. The largest absolute Gasteiger partial charge is 0.271 e. The highest BCUT2D eigenvalue weighted by Gasteiger charge is 2.44. The summed E-state index contributed by atoms with van der Waals surface area (Å²) in [4.78, 5) is 0. The van der Waals surface area contributed by atoms with Crippen LogP contribution in [0.4, 0.5) is 0 Å². The number of fused-ring (bicyclic) bond motifs is 2. The minimum Gasteiger partial charge on any atom is -0.271 e. The first kappa shape index (κ1) is 13.4. The number of rotatable bonds is 5. The molecule has 3 rings (SSSR count). The lowest BCUT2D eigenvalue weighted by Crippen LogP contribution is -2.37. The zero-order valence-electron chi connectivity index (χ0n) is 11.5. The summed E-state index contributed by atoms with van der Waals surface area (Å²) in [5.41, 5.74) is 4.11. The Bertz CT molecular complexity index is 445. The third-order valence-electron chi connectivity index (χ3n) is 4.96. The van der Waals surface area contributed by atoms with Crippen LogP contribution in [0.25, 0.3) is 0 Å². The van der Waals surface area contributed by atoms with Gasteiger partial charge in [0.05, 0.1) is 23.0 Å². The van der Waals surface area contributed by atoms with Gasteiger partial charge in [-0.1, -0.05) is 24.9 Å². The second-order valence-electron chi connectivity index (χ2n) is 6.08. The average molecular weight is 283 g/mol. The van der Waals surface area contributed by atoms with Gasteiger partial charge in [0, 0.05) is 6.54 Å². The van der Waals surface area contributed by atoms with Crippen molar-refractivity contribution in [1.82, 2.24) is 15.2 Å². The monoisotopic (exact) mass is 282 g/mol. The van der Waals surface area contributed by atoms with Gasteiger partial charge in [-0.05, 0) is 43.4 Å². The number of aromatic nitrogens is 2. The molecule has 0 radical (unpaired) electrons. The molecular weight excluding hydrogens is 260 g/mol. The van der Waals surface area contributed by atoms with E-state index in [1.807, 2.05) is 4.68 Å². The van der Waals surface area contributed by atoms with Gasteiger partial charge in [0.1, 0.15) is 0 Å². The van der Waals surface area contributed by atoms with E-state index in [1.165, 1.54) is 25.7 Å². The van der Waals surface area contributed by atoms with Crippen LogP contribution >= 0.6 is 11.6 Å². The molecule has 19 heavy (non-hydrogen) atoms. The number of halogens is 1. The normalized spacial score (nSPS) is 31.0. The van der Waals surface area contributed by atoms with E-state index in [9.17, 15) is 0 Å². The van der Waals surface area contributed by atoms with Crippen molar-refractivity contribution in [2.24, 2.45) is 23.6 Å². The van der Waals surface area contributed by atoms with Crippen LogP contribution in [0, 0.1) is 17.8 Å². The first-order chi connectivity index (χ1) is 9.24. The van der Waals surface area contributed by atoms with Crippen molar-refractivity contribution in [1.29, 1.82) is 0 Å². The molecule has 2 aliphatic carbocycles. The highest BCUT2D eigenvalue weighted by molar-refractivity contribution is 6.31. The summed E-state index contributed by atoms with van der Waals surface area (Å²) < 4.78 is 2.03. The third kappa shape index (κ3) is 2.30. The first-order valence-corrected chi connectivity index (χ1v) is 7.79. The molecule has 0 aromatic carbocycles. The van der Waals surface area contributed by atoms with Crippen molar-refractivity contribution in [3.63, 3.8) is 0 Å². The van der Waals surface area contributed by atoms with Crippen molar-refractivity contribution < 1.29 is 0 Å². The van der Waals surface area contributed by atoms with E-state index in [0.717, 1.165) is 35.5 Å². The Labute approximate surface area is 119 Å². The third-order valence-corrected chi connectivity index (χ3v) is 5.25. The molecule has 2 fully saturated rings. The quantitative estimate of drug-likeness (QED) is 0.645. The molecule has 1 aromatic rings. The van der Waals surface area contributed by atoms with Crippen molar-refractivity contribution in [2.75, 3.05) is 0 Å². The molecule has 0 amide bonds. The lowest BCUT2D eigenvalue weighted by Gasteiger charge is -2.30. The average Bonchev–Trinajstić information content (AvgIpc) is 3.10. The second kappa shape index (κ2) is 5.43. The first-order valence-electron chi connectivity index (χ1n) is 7.41. The fourth-order valence-electron chi connectivity index (χ4n) is 4.18. The number of nitrogens with one attached hydrogen (secondary N) is 1. The zero-order chi connectivity index (χ0) is 13.4. The SMILES string of the molecule is CCCn1ncc(Cl)c1C(NN)C1CC2CCC1C2. The van der Waals surface area contributed by atoms with Crippen LogP contribution in [-0.2, 0) is 6.54 Å². The van der Waals surface area contributed by atoms with Crippen LogP contribution in [-0.4, -0.2) is 9.78 Å². The molecule has 4 nitrogen and oxygen atoms in total. The van der Waals surface area contributed by atoms with Crippen molar-refractivity contribution in [3.8, 4) is 0 Å². The number of hydrogen-bond acceptors (Lipinski definition) is 3. The maximum atomic E-state index is 6.36. The van der Waals surface area contributed by atoms with Crippen molar-refractivity contribution in [2.45, 2.75) is 51.6 Å². The maximum Gasteiger partial charge on any atom is 0.0834 e. The standard InChI is InChI=1S/C14H23ClN4/c1-2-5-19-14(12(15)8-17-19)13(18-16)11-7-9-3-4-10(11)6-9/h8-11,13,18H,2-7,16H2,1H3. The van der Waals surface area contributed by atoms with Crippen molar-refractivity contribution in [3.05, 3.63) is 16.9 Å². The van der Waals surface area contributed by atoms with Crippen LogP contribution in [0.2, 0.25) is 5.02 Å². The molecule has 2 saturated carbocycles. The number of nitrogens with zero attached hydrogens (tertiary/aromatic N) is 2. The van der Waals surface area contributed by atoms with Crippen LogP contribution in [0.15, 0.2) is 6.20 Å². The molecule has 3 N–H and O–H groups in total. The number of hydrazine groups is 1. The van der Waals surface area contributed by atoms with E-state index < -0.39 is 0 Å². The van der Waals surface area contributed by atoms with Gasteiger partial charge >= 0.3 is 0 Å². The molecular formula is C14H23ClN4. The van der Waals surface area contributed by atoms with E-state index in [-0.39, 0.29) is 6.04 Å². The smallest absolute Gasteiger partial charge is 0.0834 e. The molecule has 4 atom stereocenters. The lowest BCUT2D eigenvalue weighted by molar-refractivity contribution is 0.242. The number of nitrogens with two attached hydrogens (primary N) is 1. The Morgan fingerprint density at radius 3 is 2.95 bits per heavy atom. The summed E-state index contributed by atoms with van der Waals surface area (Å²) in [6.45, 7) is 3.06. The number of hydrogen-bond donors (Lipinski definition) is 2. The minimum absolute atomic E-state index is 0.150. The minimum atomic E-state index is 0.150. The highest BCUT2D eigenvalue weighted by atomic mass is 35.5. The van der Waals surface area contributed by atoms with Gasteiger partial charge in [-0.2, -0.15) is 5.10 Å². The molecule has 1 aromatic heterocycles. The van der Waals surface area contributed by atoms with Crippen LogP contribution in [0.5, 0.6) is 0 Å². The zero-order valence-corrected chi connectivity index (χ0v) is 12.2. The Kier molecular flexibility index (Phi) is 3.83. The lowest BCUT2D eigenvalue weighted by atomic mass is 9.82. The topological polar surface area (TPSA) is 55.9 Å². The Morgan fingerprint density at radius 1 is 1.53 bits per heavy atom. The molecule has 106 valence electrons. The summed E-state index contributed by atoms with van der Waals surface area (Å²) in [7, 11) is 0. The Morgan fingerprint density at radius 2 is 2.37 bits per heavy atom. The maximum absolute atomic E-state index is 6.36. The molecule has 2 aliphatic rings. The Balaban J connectivity index is 1.87. The summed E-state index contributed by atoms with van der Waals surface area (Å²) in [6.07, 6.45) is 8.23. The predicted molar refractivity (Wildman–Crippen MR) is 76.5 cm³/mol. The molecule has 1 heterocycles. The van der Waals surface area contributed by atoms with Crippen LogP contribution < -0.4 is 11.3 Å². The molecule has 2 bridgehead atoms. The van der Waals surface area contributed by atoms with Crippen LogP contribution in [0.1, 0.15) is 50.8 Å². The van der Waals surface area contributed by atoms with Crippen molar-refractivity contribution >= 4 is 11.6 Å². The van der Waals surface area contributed by atoms with E-state index in [1.54, 1.807) is 6.20 Å². The predicted octanol–water partition coefficient (Wildman–Crippen LogP) is 2.89. The van der Waals surface area contributed by atoms with E-state index in [0.29, 0.717) is 5.92 Å². The fourth-order valence-corrected chi connectivity index (χ4v) is 4.44. The van der Waals surface area contributed by atoms with Gasteiger partial charge in [0.25, 0.3) is 0 Å².